The number of rotatable bonds is 10. The summed E-state index contributed by atoms with van der Waals surface area (Å²) in [5.41, 5.74) is 0. The molecule has 0 aromatic carbocycles. The van der Waals surface area contributed by atoms with Gasteiger partial charge in [0.1, 0.15) is 0 Å². The van der Waals surface area contributed by atoms with Gasteiger partial charge in [0.2, 0.25) is 0 Å². The number of likely N-dealkylation sites (N-methyl/N-ethyl adjacent to an activating group) is 1. The van der Waals surface area contributed by atoms with Crippen molar-refractivity contribution in [1.82, 2.24) is 20.4 Å². The van der Waals surface area contributed by atoms with Crippen LogP contribution in [0.3, 0.4) is 0 Å². The van der Waals surface area contributed by atoms with E-state index in [4.69, 9.17) is 4.99 Å². The Bertz CT molecular complexity index is 494. The first-order chi connectivity index (χ1) is 12.7. The van der Waals surface area contributed by atoms with Crippen LogP contribution in [0.15, 0.2) is 22.5 Å². The zero-order valence-corrected chi connectivity index (χ0v) is 17.7. The lowest BCUT2D eigenvalue weighted by Crippen LogP contribution is -2.46. The molecule has 1 atom stereocenters. The first-order valence-corrected chi connectivity index (χ1v) is 11.1. The molecule has 1 aliphatic rings. The van der Waals surface area contributed by atoms with Gasteiger partial charge in [-0.15, -0.1) is 11.3 Å². The SMILES string of the molecule is CCNC(=NCC(C)c1cccs1)NCCCCN1CCN(CC)CC1. The number of hydrogen-bond donors (Lipinski definition) is 2. The van der Waals surface area contributed by atoms with Crippen molar-refractivity contribution in [1.29, 1.82) is 0 Å². The van der Waals surface area contributed by atoms with Gasteiger partial charge in [0.05, 0.1) is 6.54 Å². The third kappa shape index (κ3) is 7.64. The Morgan fingerprint density at radius 1 is 1.15 bits per heavy atom. The Kier molecular flexibility index (Phi) is 10.0. The zero-order valence-electron chi connectivity index (χ0n) is 16.8. The van der Waals surface area contributed by atoms with Crippen molar-refractivity contribution in [3.05, 3.63) is 22.4 Å². The summed E-state index contributed by atoms with van der Waals surface area (Å²) in [6.07, 6.45) is 2.45. The van der Waals surface area contributed by atoms with Crippen molar-refractivity contribution in [3.8, 4) is 0 Å². The molecule has 1 fully saturated rings. The zero-order chi connectivity index (χ0) is 18.6. The molecular formula is C20H37N5S. The van der Waals surface area contributed by atoms with Crippen molar-refractivity contribution < 1.29 is 0 Å². The Morgan fingerprint density at radius 2 is 1.92 bits per heavy atom. The predicted molar refractivity (Wildman–Crippen MR) is 115 cm³/mol. The van der Waals surface area contributed by atoms with Gasteiger partial charge in [0.15, 0.2) is 5.96 Å². The normalized spacial score (nSPS) is 18.0. The van der Waals surface area contributed by atoms with Gasteiger partial charge in [-0.2, -0.15) is 0 Å². The lowest BCUT2D eigenvalue weighted by atomic mass is 10.1. The highest BCUT2D eigenvalue weighted by Crippen LogP contribution is 2.20. The van der Waals surface area contributed by atoms with E-state index in [1.54, 1.807) is 0 Å². The first-order valence-electron chi connectivity index (χ1n) is 10.2. The van der Waals surface area contributed by atoms with Gasteiger partial charge >= 0.3 is 0 Å². The van der Waals surface area contributed by atoms with Crippen LogP contribution < -0.4 is 10.6 Å². The van der Waals surface area contributed by atoms with Crippen molar-refractivity contribution in [2.45, 2.75) is 39.5 Å². The Labute approximate surface area is 163 Å². The second-order valence-corrected chi connectivity index (χ2v) is 8.03. The van der Waals surface area contributed by atoms with E-state index in [9.17, 15) is 0 Å². The molecule has 1 unspecified atom stereocenters. The van der Waals surface area contributed by atoms with Crippen molar-refractivity contribution >= 4 is 17.3 Å². The van der Waals surface area contributed by atoms with Crippen LogP contribution in [0.25, 0.3) is 0 Å². The van der Waals surface area contributed by atoms with Crippen molar-refractivity contribution in [2.75, 3.05) is 58.9 Å². The van der Waals surface area contributed by atoms with E-state index in [-0.39, 0.29) is 0 Å². The molecule has 1 aromatic rings. The van der Waals surface area contributed by atoms with Crippen LogP contribution in [-0.2, 0) is 0 Å². The summed E-state index contributed by atoms with van der Waals surface area (Å²) in [4.78, 5) is 11.3. The molecule has 0 radical (unpaired) electrons. The van der Waals surface area contributed by atoms with Crippen LogP contribution in [-0.4, -0.2) is 74.7 Å². The quantitative estimate of drug-likeness (QED) is 0.373. The predicted octanol–water partition coefficient (Wildman–Crippen LogP) is 2.82. The van der Waals surface area contributed by atoms with E-state index in [2.05, 4.69) is 58.7 Å². The third-order valence-corrected chi connectivity index (χ3v) is 6.11. The summed E-state index contributed by atoms with van der Waals surface area (Å²) in [6.45, 7) is 16.7. The minimum Gasteiger partial charge on any atom is -0.357 e. The summed E-state index contributed by atoms with van der Waals surface area (Å²) < 4.78 is 0. The highest BCUT2D eigenvalue weighted by atomic mass is 32.1. The fraction of sp³-hybridized carbons (Fsp3) is 0.750. The highest BCUT2D eigenvalue weighted by Gasteiger charge is 2.14. The summed E-state index contributed by atoms with van der Waals surface area (Å²) in [5.74, 6) is 1.43. The molecule has 2 rings (SSSR count). The maximum absolute atomic E-state index is 4.76. The van der Waals surface area contributed by atoms with E-state index >= 15 is 0 Å². The summed E-state index contributed by atoms with van der Waals surface area (Å²) in [5, 5.41) is 8.99. The second kappa shape index (κ2) is 12.3. The number of unbranched alkanes of at least 4 members (excludes halogenated alkanes) is 1. The maximum atomic E-state index is 4.76. The second-order valence-electron chi connectivity index (χ2n) is 7.05. The summed E-state index contributed by atoms with van der Waals surface area (Å²) in [7, 11) is 0. The van der Waals surface area contributed by atoms with Crippen LogP contribution in [0.1, 0.15) is 44.4 Å². The molecule has 2 N–H and O–H groups in total. The Balaban J connectivity index is 1.61. The van der Waals surface area contributed by atoms with Gasteiger partial charge in [0, 0.05) is 50.1 Å². The van der Waals surface area contributed by atoms with Gasteiger partial charge < -0.3 is 20.4 Å². The maximum Gasteiger partial charge on any atom is 0.191 e. The van der Waals surface area contributed by atoms with Gasteiger partial charge in [0.25, 0.3) is 0 Å². The van der Waals surface area contributed by atoms with E-state index in [1.807, 2.05) is 11.3 Å². The molecule has 0 bridgehead atoms. The lowest BCUT2D eigenvalue weighted by molar-refractivity contribution is 0.136. The topological polar surface area (TPSA) is 42.9 Å². The molecule has 26 heavy (non-hydrogen) atoms. The minimum atomic E-state index is 0.479. The number of piperazine rings is 1. The number of thiophene rings is 1. The van der Waals surface area contributed by atoms with Crippen LogP contribution in [0.5, 0.6) is 0 Å². The average Bonchev–Trinajstić information content (AvgIpc) is 3.21. The van der Waals surface area contributed by atoms with E-state index < -0.39 is 0 Å². The van der Waals surface area contributed by atoms with Crippen LogP contribution in [0.2, 0.25) is 0 Å². The van der Waals surface area contributed by atoms with Crippen molar-refractivity contribution in [2.24, 2.45) is 4.99 Å². The number of hydrogen-bond acceptors (Lipinski definition) is 4. The van der Waals surface area contributed by atoms with E-state index in [0.29, 0.717) is 5.92 Å². The smallest absolute Gasteiger partial charge is 0.191 e. The molecule has 0 spiro atoms. The van der Waals surface area contributed by atoms with Gasteiger partial charge in [-0.1, -0.05) is 19.9 Å². The lowest BCUT2D eigenvalue weighted by Gasteiger charge is -2.34. The fourth-order valence-corrected chi connectivity index (χ4v) is 4.01. The molecular weight excluding hydrogens is 342 g/mol. The molecule has 2 heterocycles. The molecule has 5 nitrogen and oxygen atoms in total. The average molecular weight is 380 g/mol. The van der Waals surface area contributed by atoms with Crippen molar-refractivity contribution in [3.63, 3.8) is 0 Å². The largest absolute Gasteiger partial charge is 0.357 e. The molecule has 148 valence electrons. The number of guanidine groups is 1. The summed E-state index contributed by atoms with van der Waals surface area (Å²) >= 11 is 1.82. The standard InChI is InChI=1S/C20H37N5S/c1-4-21-20(23-17-18(3)19-9-8-16-26-19)22-10-6-7-11-25-14-12-24(5-2)13-15-25/h8-9,16,18H,4-7,10-15,17H2,1-3H3,(H2,21,22,23). The van der Waals surface area contributed by atoms with Gasteiger partial charge in [-0.05, 0) is 44.3 Å². The van der Waals surface area contributed by atoms with Gasteiger partial charge in [-0.25, -0.2) is 0 Å². The molecule has 1 aromatic heterocycles. The molecule has 0 aliphatic carbocycles. The minimum absolute atomic E-state index is 0.479. The third-order valence-electron chi connectivity index (χ3n) is 5.00. The van der Waals surface area contributed by atoms with Crippen LogP contribution in [0.4, 0.5) is 0 Å². The highest BCUT2D eigenvalue weighted by molar-refractivity contribution is 7.10. The molecule has 6 heteroatoms. The van der Waals surface area contributed by atoms with E-state index in [0.717, 1.165) is 25.6 Å². The Morgan fingerprint density at radius 3 is 2.58 bits per heavy atom. The number of nitrogens with one attached hydrogen (secondary N) is 2. The van der Waals surface area contributed by atoms with Crippen LogP contribution in [0, 0.1) is 0 Å². The van der Waals surface area contributed by atoms with Gasteiger partial charge in [-0.3, -0.25) is 4.99 Å². The monoisotopic (exact) mass is 379 g/mol. The fourth-order valence-electron chi connectivity index (χ4n) is 3.23. The molecule has 0 amide bonds. The molecule has 1 saturated heterocycles. The van der Waals surface area contributed by atoms with E-state index in [1.165, 1.54) is 57.0 Å². The number of aliphatic imine (C=N–C) groups is 1. The molecule has 0 saturated carbocycles. The first kappa shape index (κ1) is 21.2. The molecule has 1 aliphatic heterocycles. The Hall–Kier alpha value is -1.11. The number of nitrogens with zero attached hydrogens (tertiary/aromatic N) is 3. The van der Waals surface area contributed by atoms with Crippen LogP contribution >= 0.6 is 11.3 Å². The summed E-state index contributed by atoms with van der Waals surface area (Å²) in [6, 6.07) is 4.32.